The molecule has 1 aliphatic heterocycles. The molecule has 1 amide bonds. The Bertz CT molecular complexity index is 1150. The molecule has 0 bridgehead atoms. The summed E-state index contributed by atoms with van der Waals surface area (Å²) < 4.78 is 11.9. The van der Waals surface area contributed by atoms with Crippen LogP contribution in [-0.4, -0.2) is 73.6 Å². The van der Waals surface area contributed by atoms with E-state index >= 15 is 0 Å². The summed E-state index contributed by atoms with van der Waals surface area (Å²) in [5.74, 6) is 6.02. The maximum Gasteiger partial charge on any atom is 0.308 e. The number of rotatable bonds is 5. The standard InChI is InChI=1S/C23H30N6O6/c1-3-25-21(32)18-16(30)17(31)22(35-18)29-11-26-15-19(24)27-14(28-20(15)29)6-4-5-12-7-9-13(10-8-12)23(33)34-2/h11-13,16-18,22,30-31H,3,5,7-10H2,1-2H3,(H,25,32)(H2,24,27,28)/t12-,13-,16-,17?,18+,22-/m1/s1. The number of amides is 1. The molecule has 2 aromatic rings. The van der Waals surface area contributed by atoms with Crippen LogP contribution in [-0.2, 0) is 19.1 Å². The summed E-state index contributed by atoms with van der Waals surface area (Å²) >= 11 is 0. The zero-order valence-corrected chi connectivity index (χ0v) is 19.7. The van der Waals surface area contributed by atoms with Gasteiger partial charge >= 0.3 is 5.97 Å². The second-order valence-electron chi connectivity index (χ2n) is 8.83. The van der Waals surface area contributed by atoms with E-state index in [1.54, 1.807) is 6.92 Å². The van der Waals surface area contributed by atoms with Crippen LogP contribution in [0.15, 0.2) is 6.33 Å². The molecule has 1 aliphatic carbocycles. The monoisotopic (exact) mass is 486 g/mol. The first-order valence-corrected chi connectivity index (χ1v) is 11.7. The van der Waals surface area contributed by atoms with Crippen molar-refractivity contribution in [3.05, 3.63) is 12.2 Å². The van der Waals surface area contributed by atoms with E-state index < -0.39 is 30.4 Å². The second kappa shape index (κ2) is 10.6. The van der Waals surface area contributed by atoms with Crippen molar-refractivity contribution in [1.29, 1.82) is 0 Å². The average Bonchev–Trinajstić information content (AvgIpc) is 3.40. The Morgan fingerprint density at radius 2 is 2.00 bits per heavy atom. The number of carbonyl (C=O) groups is 2. The fraction of sp³-hybridized carbons (Fsp3) is 0.609. The van der Waals surface area contributed by atoms with Crippen LogP contribution in [0.25, 0.3) is 11.2 Å². The minimum Gasteiger partial charge on any atom is -0.469 e. The highest BCUT2D eigenvalue weighted by Gasteiger charge is 2.47. The van der Waals surface area contributed by atoms with Crippen molar-refractivity contribution >= 4 is 28.9 Å². The Morgan fingerprint density at radius 3 is 2.69 bits per heavy atom. The van der Waals surface area contributed by atoms with Crippen molar-refractivity contribution in [1.82, 2.24) is 24.8 Å². The van der Waals surface area contributed by atoms with E-state index in [-0.39, 0.29) is 29.2 Å². The van der Waals surface area contributed by atoms with Crippen molar-refractivity contribution in [2.45, 2.75) is 63.6 Å². The van der Waals surface area contributed by atoms with Crippen LogP contribution >= 0.6 is 0 Å². The summed E-state index contributed by atoms with van der Waals surface area (Å²) in [4.78, 5) is 36.7. The molecular formula is C23H30N6O6. The molecule has 4 atom stereocenters. The van der Waals surface area contributed by atoms with E-state index in [0.29, 0.717) is 24.4 Å². The zero-order valence-electron chi connectivity index (χ0n) is 19.7. The van der Waals surface area contributed by atoms with E-state index in [0.717, 1.165) is 25.7 Å². The lowest BCUT2D eigenvalue weighted by Gasteiger charge is -2.25. The Morgan fingerprint density at radius 1 is 1.26 bits per heavy atom. The molecule has 5 N–H and O–H groups in total. The van der Waals surface area contributed by atoms with Crippen LogP contribution in [0.3, 0.4) is 0 Å². The predicted molar refractivity (Wildman–Crippen MR) is 123 cm³/mol. The first kappa shape index (κ1) is 24.8. The van der Waals surface area contributed by atoms with Crippen LogP contribution in [0.1, 0.15) is 51.1 Å². The number of hydrogen-bond acceptors (Lipinski definition) is 10. The maximum absolute atomic E-state index is 12.2. The normalized spacial score (nSPS) is 28.3. The van der Waals surface area contributed by atoms with Gasteiger partial charge in [-0.15, -0.1) is 0 Å². The number of anilines is 1. The molecular weight excluding hydrogens is 456 g/mol. The van der Waals surface area contributed by atoms with E-state index in [1.165, 1.54) is 18.0 Å². The highest BCUT2D eigenvalue weighted by molar-refractivity contribution is 5.83. The van der Waals surface area contributed by atoms with Gasteiger partial charge in [-0.3, -0.25) is 14.2 Å². The number of carbonyl (C=O) groups excluding carboxylic acids is 2. The third kappa shape index (κ3) is 5.07. The van der Waals surface area contributed by atoms with Gasteiger partial charge in [-0.1, -0.05) is 5.92 Å². The molecule has 2 aliphatic rings. The van der Waals surface area contributed by atoms with Crippen molar-refractivity contribution in [2.24, 2.45) is 11.8 Å². The van der Waals surface area contributed by atoms with Crippen LogP contribution < -0.4 is 11.1 Å². The number of imidazole rings is 1. The summed E-state index contributed by atoms with van der Waals surface area (Å²) in [5.41, 5.74) is 6.63. The molecule has 0 radical (unpaired) electrons. The van der Waals surface area contributed by atoms with Gasteiger partial charge in [0.25, 0.3) is 5.91 Å². The Balaban J connectivity index is 1.49. The number of nitrogens with one attached hydrogen (secondary N) is 1. The fourth-order valence-corrected chi connectivity index (χ4v) is 4.60. The molecule has 2 fully saturated rings. The number of hydrogen-bond donors (Lipinski definition) is 4. The lowest BCUT2D eigenvalue weighted by molar-refractivity contribution is -0.146. The van der Waals surface area contributed by atoms with E-state index in [2.05, 4.69) is 32.1 Å². The molecule has 2 aromatic heterocycles. The molecule has 35 heavy (non-hydrogen) atoms. The molecule has 12 nitrogen and oxygen atoms in total. The summed E-state index contributed by atoms with van der Waals surface area (Å²) in [7, 11) is 1.41. The molecule has 12 heteroatoms. The average molecular weight is 487 g/mol. The Labute approximate surface area is 202 Å². The van der Waals surface area contributed by atoms with Gasteiger partial charge in [0, 0.05) is 13.0 Å². The van der Waals surface area contributed by atoms with Gasteiger partial charge in [-0.25, -0.2) is 15.0 Å². The van der Waals surface area contributed by atoms with E-state index in [4.69, 9.17) is 15.2 Å². The number of nitrogen functional groups attached to an aromatic ring is 1. The topological polar surface area (TPSA) is 175 Å². The number of nitrogens with two attached hydrogens (primary N) is 1. The molecule has 1 saturated heterocycles. The van der Waals surface area contributed by atoms with Gasteiger partial charge < -0.3 is 30.7 Å². The van der Waals surface area contributed by atoms with Crippen LogP contribution in [0.4, 0.5) is 5.82 Å². The molecule has 1 saturated carbocycles. The predicted octanol–water partition coefficient (Wildman–Crippen LogP) is -0.115. The smallest absolute Gasteiger partial charge is 0.308 e. The lowest BCUT2D eigenvalue weighted by Crippen LogP contribution is -2.42. The highest BCUT2D eigenvalue weighted by atomic mass is 16.6. The van der Waals surface area contributed by atoms with Gasteiger partial charge in [-0.05, 0) is 44.4 Å². The number of methoxy groups -OCH3 is 1. The molecule has 4 rings (SSSR count). The van der Waals surface area contributed by atoms with Crippen LogP contribution in [0.5, 0.6) is 0 Å². The minimum atomic E-state index is -1.42. The quantitative estimate of drug-likeness (QED) is 0.329. The Kier molecular flexibility index (Phi) is 7.49. The second-order valence-corrected chi connectivity index (χ2v) is 8.83. The number of aromatic nitrogens is 4. The number of esters is 1. The Hall–Kier alpha value is -3.27. The van der Waals surface area contributed by atoms with Crippen LogP contribution in [0, 0.1) is 23.7 Å². The summed E-state index contributed by atoms with van der Waals surface area (Å²) in [5, 5.41) is 23.4. The molecule has 1 unspecified atom stereocenters. The van der Waals surface area contributed by atoms with Crippen molar-refractivity contribution in [3.8, 4) is 11.8 Å². The minimum absolute atomic E-state index is 0.0330. The van der Waals surface area contributed by atoms with E-state index in [9.17, 15) is 19.8 Å². The number of nitrogens with zero attached hydrogens (tertiary/aromatic N) is 4. The highest BCUT2D eigenvalue weighted by Crippen LogP contribution is 2.33. The molecule has 188 valence electrons. The SMILES string of the molecule is CCNC(=O)[C@H]1O[C@@H](n2cnc3c(N)nc(C#CC[C@H]4CC[C@H](C(=O)OC)CC4)nc32)C(O)[C@H]1O. The number of aliphatic hydroxyl groups excluding tert-OH is 2. The first-order chi connectivity index (χ1) is 16.8. The molecule has 3 heterocycles. The summed E-state index contributed by atoms with van der Waals surface area (Å²) in [6, 6.07) is 0. The van der Waals surface area contributed by atoms with E-state index in [1.807, 2.05) is 0 Å². The largest absolute Gasteiger partial charge is 0.469 e. The third-order valence-electron chi connectivity index (χ3n) is 6.54. The van der Waals surface area contributed by atoms with Gasteiger partial charge in [0.05, 0.1) is 19.4 Å². The summed E-state index contributed by atoms with van der Waals surface area (Å²) in [6.07, 6.45) is 0.253. The van der Waals surface area contributed by atoms with Crippen LogP contribution in [0.2, 0.25) is 0 Å². The fourth-order valence-electron chi connectivity index (χ4n) is 4.60. The van der Waals surface area contributed by atoms with Crippen molar-refractivity contribution < 1.29 is 29.3 Å². The molecule has 0 spiro atoms. The number of likely N-dealkylation sites (N-methyl/N-ethyl adjacent to an activating group) is 1. The van der Waals surface area contributed by atoms with Crippen molar-refractivity contribution in [2.75, 3.05) is 19.4 Å². The zero-order chi connectivity index (χ0) is 25.1. The third-order valence-corrected chi connectivity index (χ3v) is 6.54. The molecule has 0 aromatic carbocycles. The lowest BCUT2D eigenvalue weighted by atomic mass is 9.81. The number of aliphatic hydroxyl groups is 2. The number of ether oxygens (including phenoxy) is 2. The maximum atomic E-state index is 12.2. The van der Waals surface area contributed by atoms with Gasteiger partial charge in [0.2, 0.25) is 5.82 Å². The van der Waals surface area contributed by atoms with Gasteiger partial charge in [0.15, 0.2) is 23.8 Å². The van der Waals surface area contributed by atoms with Crippen molar-refractivity contribution in [3.63, 3.8) is 0 Å². The van der Waals surface area contributed by atoms with Gasteiger partial charge in [0.1, 0.15) is 17.7 Å². The summed E-state index contributed by atoms with van der Waals surface area (Å²) in [6.45, 7) is 2.10. The first-order valence-electron chi connectivity index (χ1n) is 11.7. The number of fused-ring (bicyclic) bond motifs is 1. The van der Waals surface area contributed by atoms with Gasteiger partial charge in [-0.2, -0.15) is 0 Å².